The van der Waals surface area contributed by atoms with Gasteiger partial charge in [-0.3, -0.25) is 0 Å². The van der Waals surface area contributed by atoms with Gasteiger partial charge in [0, 0.05) is 6.54 Å². The largest absolute Gasteiger partial charge is 0.492 e. The number of para-hydroxylation sites is 1. The van der Waals surface area contributed by atoms with Crippen molar-refractivity contribution in [2.45, 2.75) is 31.9 Å². The molecule has 1 N–H and O–H groups in total. The minimum Gasteiger partial charge on any atom is -0.492 e. The molecule has 2 aromatic carbocycles. The van der Waals surface area contributed by atoms with E-state index in [9.17, 15) is 8.42 Å². The van der Waals surface area contributed by atoms with E-state index in [2.05, 4.69) is 25.5 Å². The average Bonchev–Trinajstić information content (AvgIpc) is 2.54. The SMILES string of the molecule is CC(C)(C)c1ccccc1OCCNS(=O)(=O)Cc1ccc(Cl)c(Cl)c1. The molecule has 0 aliphatic carbocycles. The van der Waals surface area contributed by atoms with Gasteiger partial charge in [-0.2, -0.15) is 0 Å². The van der Waals surface area contributed by atoms with Crippen molar-refractivity contribution in [3.63, 3.8) is 0 Å². The zero-order chi connectivity index (χ0) is 19.4. The summed E-state index contributed by atoms with van der Waals surface area (Å²) >= 11 is 11.8. The topological polar surface area (TPSA) is 55.4 Å². The Hall–Kier alpha value is -1.27. The lowest BCUT2D eigenvalue weighted by atomic mass is 9.86. The zero-order valence-corrected chi connectivity index (χ0v) is 17.4. The fourth-order valence-electron chi connectivity index (χ4n) is 2.47. The molecule has 0 saturated heterocycles. The van der Waals surface area contributed by atoms with Crippen molar-refractivity contribution >= 4 is 33.2 Å². The molecule has 0 radical (unpaired) electrons. The molecule has 0 amide bonds. The standard InChI is InChI=1S/C19H23Cl2NO3S/c1-19(2,3)15-6-4-5-7-18(15)25-11-10-22-26(23,24)13-14-8-9-16(20)17(21)12-14/h4-9,12,22H,10-11,13H2,1-3H3. The quantitative estimate of drug-likeness (QED) is 0.661. The third kappa shape index (κ3) is 6.16. The van der Waals surface area contributed by atoms with Crippen LogP contribution in [-0.2, 0) is 21.2 Å². The highest BCUT2D eigenvalue weighted by Crippen LogP contribution is 2.30. The highest BCUT2D eigenvalue weighted by atomic mass is 35.5. The van der Waals surface area contributed by atoms with E-state index < -0.39 is 10.0 Å². The molecule has 0 saturated carbocycles. The number of halogens is 2. The number of sulfonamides is 1. The van der Waals surface area contributed by atoms with Crippen LogP contribution in [0.3, 0.4) is 0 Å². The fourth-order valence-corrected chi connectivity index (χ4v) is 3.91. The fraction of sp³-hybridized carbons (Fsp3) is 0.368. The molecule has 4 nitrogen and oxygen atoms in total. The van der Waals surface area contributed by atoms with Gasteiger partial charge in [0.25, 0.3) is 0 Å². The van der Waals surface area contributed by atoms with Crippen LogP contribution in [0.1, 0.15) is 31.9 Å². The third-order valence-electron chi connectivity index (χ3n) is 3.72. The lowest BCUT2D eigenvalue weighted by Crippen LogP contribution is -2.29. The Morgan fingerprint density at radius 1 is 1.04 bits per heavy atom. The molecule has 0 unspecified atom stereocenters. The Labute approximate surface area is 165 Å². The first-order valence-corrected chi connectivity index (χ1v) is 10.6. The van der Waals surface area contributed by atoms with Crippen LogP contribution in [0.4, 0.5) is 0 Å². The van der Waals surface area contributed by atoms with E-state index in [1.54, 1.807) is 18.2 Å². The normalized spacial score (nSPS) is 12.2. The summed E-state index contributed by atoms with van der Waals surface area (Å²) in [5, 5.41) is 0.730. The summed E-state index contributed by atoms with van der Waals surface area (Å²) in [4.78, 5) is 0. The summed E-state index contributed by atoms with van der Waals surface area (Å²) in [5.41, 5.74) is 1.61. The second-order valence-corrected chi connectivity index (χ2v) is 9.62. The molecule has 0 aliphatic heterocycles. The van der Waals surface area contributed by atoms with Gasteiger partial charge in [-0.1, -0.05) is 68.2 Å². The van der Waals surface area contributed by atoms with Crippen molar-refractivity contribution in [3.05, 3.63) is 63.6 Å². The predicted molar refractivity (Wildman–Crippen MR) is 108 cm³/mol. The van der Waals surface area contributed by atoms with Crippen LogP contribution in [0.15, 0.2) is 42.5 Å². The first kappa shape index (κ1) is 21.0. The molecule has 0 aromatic heterocycles. The Balaban J connectivity index is 1.90. The number of nitrogens with one attached hydrogen (secondary N) is 1. The molecule has 0 spiro atoms. The van der Waals surface area contributed by atoms with Crippen molar-refractivity contribution in [2.24, 2.45) is 0 Å². The Kier molecular flexibility index (Phi) is 6.97. The molecule has 0 aliphatic rings. The molecular weight excluding hydrogens is 393 g/mol. The van der Waals surface area contributed by atoms with Crippen molar-refractivity contribution in [1.29, 1.82) is 0 Å². The smallest absolute Gasteiger partial charge is 0.215 e. The van der Waals surface area contributed by atoms with Crippen LogP contribution in [-0.4, -0.2) is 21.6 Å². The van der Waals surface area contributed by atoms with E-state index in [1.807, 2.05) is 24.3 Å². The van der Waals surface area contributed by atoms with Crippen molar-refractivity contribution in [3.8, 4) is 5.75 Å². The maximum atomic E-state index is 12.2. The maximum absolute atomic E-state index is 12.2. The monoisotopic (exact) mass is 415 g/mol. The van der Waals surface area contributed by atoms with Crippen LogP contribution < -0.4 is 9.46 Å². The predicted octanol–water partition coefficient (Wildman–Crippen LogP) is 4.79. The van der Waals surface area contributed by atoms with Crippen LogP contribution in [0.5, 0.6) is 5.75 Å². The maximum Gasteiger partial charge on any atom is 0.215 e. The van der Waals surface area contributed by atoms with Gasteiger partial charge in [-0.15, -0.1) is 0 Å². The summed E-state index contributed by atoms with van der Waals surface area (Å²) in [6, 6.07) is 12.6. The van der Waals surface area contributed by atoms with E-state index in [-0.39, 0.29) is 24.3 Å². The molecule has 7 heteroatoms. The van der Waals surface area contributed by atoms with Crippen molar-refractivity contribution < 1.29 is 13.2 Å². The van der Waals surface area contributed by atoms with Gasteiger partial charge < -0.3 is 4.74 Å². The molecule has 0 heterocycles. The molecule has 2 aromatic rings. The van der Waals surface area contributed by atoms with E-state index in [0.717, 1.165) is 11.3 Å². The van der Waals surface area contributed by atoms with Crippen LogP contribution in [0.25, 0.3) is 0 Å². The summed E-state index contributed by atoms with van der Waals surface area (Å²) in [6.07, 6.45) is 0. The summed E-state index contributed by atoms with van der Waals surface area (Å²) in [7, 11) is -3.49. The molecule has 2 rings (SSSR count). The second kappa shape index (κ2) is 8.61. The van der Waals surface area contributed by atoms with Gasteiger partial charge in [0.15, 0.2) is 0 Å². The van der Waals surface area contributed by atoms with Gasteiger partial charge in [0.2, 0.25) is 10.0 Å². The van der Waals surface area contributed by atoms with E-state index in [4.69, 9.17) is 27.9 Å². The molecular formula is C19H23Cl2NO3S. The Morgan fingerprint density at radius 3 is 2.38 bits per heavy atom. The van der Waals surface area contributed by atoms with E-state index in [1.165, 1.54) is 0 Å². The summed E-state index contributed by atoms with van der Waals surface area (Å²) < 4.78 is 32.7. The number of ether oxygens (including phenoxy) is 1. The second-order valence-electron chi connectivity index (χ2n) is 7.00. The molecule has 142 valence electrons. The number of hydrogen-bond acceptors (Lipinski definition) is 3. The van der Waals surface area contributed by atoms with Gasteiger partial charge in [0.1, 0.15) is 12.4 Å². The first-order chi connectivity index (χ1) is 12.1. The van der Waals surface area contributed by atoms with Crippen molar-refractivity contribution in [1.82, 2.24) is 4.72 Å². The first-order valence-electron chi connectivity index (χ1n) is 8.22. The molecule has 0 fully saturated rings. The molecule has 0 atom stereocenters. The number of hydrogen-bond donors (Lipinski definition) is 1. The van der Waals surface area contributed by atoms with Crippen molar-refractivity contribution in [2.75, 3.05) is 13.2 Å². The summed E-state index contributed by atoms with van der Waals surface area (Å²) in [5.74, 6) is 0.603. The van der Waals surface area contributed by atoms with Crippen LogP contribution in [0, 0.1) is 0 Å². The molecule has 0 bridgehead atoms. The zero-order valence-electron chi connectivity index (χ0n) is 15.1. The number of rotatable bonds is 7. The minimum absolute atomic E-state index is 0.0516. The van der Waals surface area contributed by atoms with Crippen LogP contribution >= 0.6 is 23.2 Å². The lowest BCUT2D eigenvalue weighted by Gasteiger charge is -2.22. The highest BCUT2D eigenvalue weighted by molar-refractivity contribution is 7.88. The van der Waals surface area contributed by atoms with E-state index in [0.29, 0.717) is 15.6 Å². The van der Waals surface area contributed by atoms with Gasteiger partial charge in [-0.05, 0) is 34.7 Å². The molecule has 26 heavy (non-hydrogen) atoms. The Morgan fingerprint density at radius 2 is 1.73 bits per heavy atom. The highest BCUT2D eigenvalue weighted by Gasteiger charge is 2.18. The minimum atomic E-state index is -3.49. The van der Waals surface area contributed by atoms with Gasteiger partial charge in [0.05, 0.1) is 15.8 Å². The average molecular weight is 416 g/mol. The van der Waals surface area contributed by atoms with Crippen LogP contribution in [0.2, 0.25) is 10.0 Å². The van der Waals surface area contributed by atoms with E-state index >= 15 is 0 Å². The number of benzene rings is 2. The Bertz CT molecular complexity index is 861. The third-order valence-corrected chi connectivity index (χ3v) is 5.81. The van der Waals surface area contributed by atoms with Gasteiger partial charge >= 0.3 is 0 Å². The summed E-state index contributed by atoms with van der Waals surface area (Å²) in [6.45, 7) is 6.75. The van der Waals surface area contributed by atoms with Gasteiger partial charge in [-0.25, -0.2) is 13.1 Å². The lowest BCUT2D eigenvalue weighted by molar-refractivity contribution is 0.314.